The zero-order valence-electron chi connectivity index (χ0n) is 26.1. The molecular weight excluding hydrogens is 643 g/mol. The van der Waals surface area contributed by atoms with Crippen molar-refractivity contribution in [2.24, 2.45) is 5.92 Å². The molecule has 6 nitrogen and oxygen atoms in total. The van der Waals surface area contributed by atoms with Gasteiger partial charge in [-0.1, -0.05) is 133 Å². The van der Waals surface area contributed by atoms with Crippen LogP contribution in [0.1, 0.15) is 60.1 Å². The fourth-order valence-electron chi connectivity index (χ4n) is 5.76. The molecule has 1 saturated heterocycles. The molecule has 1 fully saturated rings. The number of benzene rings is 4. The highest BCUT2D eigenvalue weighted by molar-refractivity contribution is 6.76. The molecule has 0 spiro atoms. The van der Waals surface area contributed by atoms with Crippen molar-refractivity contribution in [3.63, 3.8) is 0 Å². The van der Waals surface area contributed by atoms with Crippen LogP contribution in [0.25, 0.3) is 11.1 Å². The standard InChI is InChI=1S/C37H39Cl3N2O4/c1-24-33(22-42(3)25(2)28-10-5-4-6-11-28)45-35(46-34(24)29-17-15-26(23-43)16-18-29)32-14-8-13-31(20-32)30-12-7-9-27(19-30)21-41-36(44)37(38,39)40/h4-20,24-25,33-35,43H,21-23H2,1-3H3,(H,41,44)/t24-,25+,33+,34+,35+/m1/s1. The average Bonchev–Trinajstić information content (AvgIpc) is 3.08. The van der Waals surface area contributed by atoms with Gasteiger partial charge in [-0.15, -0.1) is 0 Å². The Morgan fingerprint density at radius 2 is 1.54 bits per heavy atom. The highest BCUT2D eigenvalue weighted by Crippen LogP contribution is 2.43. The Hall–Kier alpha value is -2.94. The van der Waals surface area contributed by atoms with Gasteiger partial charge in [0.2, 0.25) is 0 Å². The van der Waals surface area contributed by atoms with Crippen molar-refractivity contribution in [3.05, 3.63) is 131 Å². The predicted octanol–water partition coefficient (Wildman–Crippen LogP) is 8.32. The molecule has 1 heterocycles. The Bertz CT molecular complexity index is 1600. The highest BCUT2D eigenvalue weighted by Gasteiger charge is 2.39. The van der Waals surface area contributed by atoms with E-state index in [0.29, 0.717) is 6.54 Å². The second kappa shape index (κ2) is 15.3. The number of aliphatic hydroxyl groups is 1. The van der Waals surface area contributed by atoms with Crippen molar-refractivity contribution in [3.8, 4) is 11.1 Å². The first-order valence-electron chi connectivity index (χ1n) is 15.3. The lowest BCUT2D eigenvalue weighted by molar-refractivity contribution is -0.276. The Balaban J connectivity index is 1.40. The molecule has 2 N–H and O–H groups in total. The van der Waals surface area contributed by atoms with Gasteiger partial charge in [0.1, 0.15) is 0 Å². The Morgan fingerprint density at radius 3 is 2.22 bits per heavy atom. The molecule has 1 amide bonds. The van der Waals surface area contributed by atoms with Crippen LogP contribution in [0.3, 0.4) is 0 Å². The van der Waals surface area contributed by atoms with Crippen molar-refractivity contribution < 1.29 is 19.4 Å². The predicted molar refractivity (Wildman–Crippen MR) is 184 cm³/mol. The summed E-state index contributed by atoms with van der Waals surface area (Å²) < 4.78 is 11.5. The number of ether oxygens (including phenoxy) is 2. The molecule has 0 aliphatic carbocycles. The summed E-state index contributed by atoms with van der Waals surface area (Å²) in [4.78, 5) is 14.4. The summed E-state index contributed by atoms with van der Waals surface area (Å²) in [7, 11) is 2.13. The van der Waals surface area contributed by atoms with Crippen molar-refractivity contribution in [2.45, 2.75) is 55.3 Å². The molecule has 5 atom stereocenters. The van der Waals surface area contributed by atoms with Crippen LogP contribution in [-0.4, -0.2) is 39.4 Å². The van der Waals surface area contributed by atoms with Gasteiger partial charge in [-0.2, -0.15) is 0 Å². The van der Waals surface area contributed by atoms with E-state index in [-0.39, 0.29) is 37.3 Å². The van der Waals surface area contributed by atoms with E-state index in [1.165, 1.54) is 5.56 Å². The summed E-state index contributed by atoms with van der Waals surface area (Å²) in [6.45, 7) is 5.31. The third kappa shape index (κ3) is 8.50. The number of alkyl halides is 3. The van der Waals surface area contributed by atoms with Gasteiger partial charge in [-0.3, -0.25) is 9.69 Å². The number of hydrogen-bond acceptors (Lipinski definition) is 5. The SMILES string of the molecule is C[C@@H]1[C@H](CN(C)[C@@H](C)c2ccccc2)O[C@H](c2cccc(-c3cccc(CNC(=O)C(Cl)(Cl)Cl)c3)c2)O[C@@H]1c1ccc(CO)cc1. The van der Waals surface area contributed by atoms with E-state index in [1.807, 2.05) is 72.8 Å². The van der Waals surface area contributed by atoms with Crippen LogP contribution in [0.15, 0.2) is 103 Å². The highest BCUT2D eigenvalue weighted by atomic mass is 35.6. The van der Waals surface area contributed by atoms with E-state index >= 15 is 0 Å². The number of hydrogen-bond donors (Lipinski definition) is 2. The third-order valence-corrected chi connectivity index (χ3v) is 9.18. The van der Waals surface area contributed by atoms with Crippen LogP contribution in [0, 0.1) is 5.92 Å². The summed E-state index contributed by atoms with van der Waals surface area (Å²) in [6, 6.07) is 34.6. The number of amides is 1. The van der Waals surface area contributed by atoms with E-state index < -0.39 is 16.0 Å². The lowest BCUT2D eigenvalue weighted by Crippen LogP contribution is -2.44. The van der Waals surface area contributed by atoms with Crippen LogP contribution in [0.2, 0.25) is 0 Å². The Kier molecular flexibility index (Phi) is 11.4. The minimum Gasteiger partial charge on any atom is -0.392 e. The maximum atomic E-state index is 12.1. The number of aliphatic hydroxyl groups excluding tert-OH is 1. The lowest BCUT2D eigenvalue weighted by Gasteiger charge is -2.43. The van der Waals surface area contributed by atoms with E-state index in [1.54, 1.807) is 0 Å². The van der Waals surface area contributed by atoms with E-state index in [0.717, 1.165) is 33.4 Å². The van der Waals surface area contributed by atoms with Crippen molar-refractivity contribution in [2.75, 3.05) is 13.6 Å². The fraction of sp³-hybridized carbons (Fsp3) is 0.324. The summed E-state index contributed by atoms with van der Waals surface area (Å²) in [6.07, 6.45) is -0.938. The van der Waals surface area contributed by atoms with Crippen LogP contribution < -0.4 is 5.32 Å². The Labute approximate surface area is 286 Å². The molecule has 1 aliphatic rings. The number of likely N-dealkylation sites (N-methyl/N-ethyl adjacent to an activating group) is 1. The average molecular weight is 682 g/mol. The topological polar surface area (TPSA) is 71.0 Å². The van der Waals surface area contributed by atoms with Gasteiger partial charge in [0.05, 0.1) is 18.8 Å². The van der Waals surface area contributed by atoms with Crippen LogP contribution >= 0.6 is 34.8 Å². The number of rotatable bonds is 10. The summed E-state index contributed by atoms with van der Waals surface area (Å²) >= 11 is 17.1. The molecule has 1 aliphatic heterocycles. The molecule has 9 heteroatoms. The van der Waals surface area contributed by atoms with Crippen LogP contribution in [0.5, 0.6) is 0 Å². The van der Waals surface area contributed by atoms with Gasteiger partial charge in [-0.25, -0.2) is 0 Å². The summed E-state index contributed by atoms with van der Waals surface area (Å²) in [5.41, 5.74) is 6.87. The quantitative estimate of drug-likeness (QED) is 0.165. The minimum atomic E-state index is -2.02. The van der Waals surface area contributed by atoms with Crippen LogP contribution in [-0.2, 0) is 27.4 Å². The molecule has 46 heavy (non-hydrogen) atoms. The maximum absolute atomic E-state index is 12.1. The fourth-order valence-corrected chi connectivity index (χ4v) is 5.96. The Morgan fingerprint density at radius 1 is 0.870 bits per heavy atom. The molecule has 0 aromatic heterocycles. The summed E-state index contributed by atoms with van der Waals surface area (Å²) in [5, 5.41) is 12.3. The number of carbonyl (C=O) groups excluding carboxylic acids is 1. The largest absolute Gasteiger partial charge is 0.392 e. The van der Waals surface area contributed by atoms with Gasteiger partial charge in [-0.05, 0) is 59.5 Å². The van der Waals surface area contributed by atoms with Gasteiger partial charge >= 0.3 is 0 Å². The second-order valence-electron chi connectivity index (χ2n) is 11.9. The second-order valence-corrected chi connectivity index (χ2v) is 14.1. The number of nitrogens with zero attached hydrogens (tertiary/aromatic N) is 1. The molecule has 0 bridgehead atoms. The maximum Gasteiger partial charge on any atom is 0.272 e. The number of carbonyl (C=O) groups is 1. The normalized spacial score (nSPS) is 20.8. The zero-order valence-corrected chi connectivity index (χ0v) is 28.3. The van der Waals surface area contributed by atoms with Crippen molar-refractivity contribution in [1.82, 2.24) is 10.2 Å². The smallest absolute Gasteiger partial charge is 0.272 e. The lowest BCUT2D eigenvalue weighted by atomic mass is 9.89. The first-order valence-corrected chi connectivity index (χ1v) is 16.5. The number of nitrogens with one attached hydrogen (secondary N) is 1. The zero-order chi connectivity index (χ0) is 32.8. The van der Waals surface area contributed by atoms with Gasteiger partial charge < -0.3 is 19.9 Å². The van der Waals surface area contributed by atoms with Gasteiger partial charge in [0.15, 0.2) is 6.29 Å². The molecule has 0 radical (unpaired) electrons. The first kappa shape index (κ1) is 34.4. The molecular formula is C37H39Cl3N2O4. The minimum absolute atomic E-state index is 0.00877. The van der Waals surface area contributed by atoms with Gasteiger partial charge in [0.25, 0.3) is 9.70 Å². The monoisotopic (exact) mass is 680 g/mol. The summed E-state index contributed by atoms with van der Waals surface area (Å²) in [5.74, 6) is -0.617. The molecule has 0 saturated carbocycles. The molecule has 0 unspecified atom stereocenters. The van der Waals surface area contributed by atoms with E-state index in [4.69, 9.17) is 44.3 Å². The molecule has 5 rings (SSSR count). The first-order chi connectivity index (χ1) is 22.0. The third-order valence-electron chi connectivity index (χ3n) is 8.66. The van der Waals surface area contributed by atoms with E-state index in [2.05, 4.69) is 61.4 Å². The van der Waals surface area contributed by atoms with Crippen molar-refractivity contribution >= 4 is 40.7 Å². The van der Waals surface area contributed by atoms with Crippen molar-refractivity contribution in [1.29, 1.82) is 0 Å². The number of halogens is 3. The van der Waals surface area contributed by atoms with E-state index in [9.17, 15) is 9.90 Å². The molecule has 4 aromatic carbocycles. The molecule has 4 aromatic rings. The van der Waals surface area contributed by atoms with Crippen LogP contribution in [0.4, 0.5) is 0 Å². The van der Waals surface area contributed by atoms with Gasteiger partial charge in [0, 0.05) is 30.6 Å². The molecule has 242 valence electrons.